The van der Waals surface area contributed by atoms with Crippen LogP contribution in [0.2, 0.25) is 0 Å². The second-order valence-electron chi connectivity index (χ2n) is 7.36. The van der Waals surface area contributed by atoms with E-state index in [-0.39, 0.29) is 5.56 Å². The summed E-state index contributed by atoms with van der Waals surface area (Å²) in [6.45, 7) is 3.95. The summed E-state index contributed by atoms with van der Waals surface area (Å²) >= 11 is 3.42. The van der Waals surface area contributed by atoms with E-state index in [0.29, 0.717) is 28.9 Å². The van der Waals surface area contributed by atoms with Crippen molar-refractivity contribution in [1.29, 1.82) is 0 Å². The molecule has 1 saturated heterocycles. The number of hydrogen-bond donors (Lipinski definition) is 0. The smallest absolute Gasteiger partial charge is 0.282 e. The Kier molecular flexibility index (Phi) is 6.27. The largest absolute Gasteiger partial charge is 0.496 e. The van der Waals surface area contributed by atoms with Crippen molar-refractivity contribution in [1.82, 2.24) is 9.66 Å². The van der Waals surface area contributed by atoms with Gasteiger partial charge in [-0.25, -0.2) is 4.98 Å². The van der Waals surface area contributed by atoms with E-state index in [1.807, 2.05) is 31.2 Å². The number of hydrogen-bond acceptors (Lipinski definition) is 6. The van der Waals surface area contributed by atoms with Crippen LogP contribution in [0.1, 0.15) is 31.2 Å². The van der Waals surface area contributed by atoms with Gasteiger partial charge in [-0.2, -0.15) is 9.78 Å². The third-order valence-electron chi connectivity index (χ3n) is 5.48. The number of aryl methyl sites for hydroxylation is 1. The normalized spacial score (nSPS) is 14.0. The van der Waals surface area contributed by atoms with Crippen LogP contribution in [-0.2, 0) is 6.42 Å². The molecule has 0 unspecified atom stereocenters. The topological polar surface area (TPSA) is 69.0 Å². The van der Waals surface area contributed by atoms with Gasteiger partial charge >= 0.3 is 0 Å². The Hall–Kier alpha value is -2.87. The number of halogens is 1. The number of ether oxygens (including phenoxy) is 2. The number of methoxy groups -OCH3 is 2. The molecule has 0 N–H and O–H groups in total. The molecule has 0 radical (unpaired) electrons. The van der Waals surface area contributed by atoms with E-state index in [0.717, 1.165) is 34.6 Å². The molecule has 0 aliphatic carbocycles. The fourth-order valence-corrected chi connectivity index (χ4v) is 4.23. The average Bonchev–Trinajstić information content (AvgIpc) is 3.32. The van der Waals surface area contributed by atoms with Gasteiger partial charge in [0.25, 0.3) is 5.56 Å². The average molecular weight is 485 g/mol. The number of benzene rings is 2. The van der Waals surface area contributed by atoms with Gasteiger partial charge in [0.05, 0.1) is 37.0 Å². The number of fused-ring (bicyclic) bond motifs is 1. The summed E-state index contributed by atoms with van der Waals surface area (Å²) in [4.78, 5) is 20.0. The van der Waals surface area contributed by atoms with E-state index >= 15 is 0 Å². The van der Waals surface area contributed by atoms with E-state index in [1.165, 1.54) is 17.5 Å². The minimum Gasteiger partial charge on any atom is -0.496 e. The molecule has 3 aromatic rings. The van der Waals surface area contributed by atoms with Crippen LogP contribution in [0.4, 0.5) is 5.69 Å². The Morgan fingerprint density at radius 2 is 1.87 bits per heavy atom. The number of nitrogens with zero attached hydrogens (tertiary/aromatic N) is 4. The molecule has 8 heteroatoms. The molecule has 0 saturated carbocycles. The minimum absolute atomic E-state index is 0.209. The van der Waals surface area contributed by atoms with Crippen LogP contribution in [-0.4, -0.2) is 43.2 Å². The first-order chi connectivity index (χ1) is 15.0. The maximum absolute atomic E-state index is 13.1. The van der Waals surface area contributed by atoms with Crippen molar-refractivity contribution in [3.63, 3.8) is 0 Å². The van der Waals surface area contributed by atoms with Gasteiger partial charge in [0.15, 0.2) is 0 Å². The van der Waals surface area contributed by atoms with Crippen LogP contribution < -0.4 is 19.9 Å². The van der Waals surface area contributed by atoms with Crippen molar-refractivity contribution < 1.29 is 9.47 Å². The Balaban J connectivity index is 1.80. The molecular weight excluding hydrogens is 460 g/mol. The first-order valence-corrected chi connectivity index (χ1v) is 11.1. The van der Waals surface area contributed by atoms with E-state index < -0.39 is 0 Å². The monoisotopic (exact) mass is 484 g/mol. The van der Waals surface area contributed by atoms with Crippen LogP contribution in [0, 0.1) is 0 Å². The molecule has 1 aromatic heterocycles. The number of aromatic nitrogens is 2. The van der Waals surface area contributed by atoms with E-state index in [1.54, 1.807) is 26.5 Å². The highest BCUT2D eigenvalue weighted by atomic mass is 79.9. The number of anilines is 1. The molecule has 0 bridgehead atoms. The fraction of sp³-hybridized carbons (Fsp3) is 0.348. The summed E-state index contributed by atoms with van der Waals surface area (Å²) in [5, 5.41) is 5.00. The lowest BCUT2D eigenvalue weighted by Crippen LogP contribution is -2.22. The predicted molar refractivity (Wildman–Crippen MR) is 127 cm³/mol. The summed E-state index contributed by atoms with van der Waals surface area (Å²) in [7, 11) is 3.29. The molecular formula is C23H25BrN4O3. The molecule has 0 atom stereocenters. The van der Waals surface area contributed by atoms with Gasteiger partial charge < -0.3 is 14.4 Å². The zero-order valence-electron chi connectivity index (χ0n) is 17.9. The van der Waals surface area contributed by atoms with Crippen molar-refractivity contribution in [2.45, 2.75) is 26.2 Å². The molecule has 0 amide bonds. The van der Waals surface area contributed by atoms with Crippen molar-refractivity contribution in [3.05, 3.63) is 56.5 Å². The van der Waals surface area contributed by atoms with Gasteiger partial charge in [-0.05, 0) is 37.1 Å². The molecule has 2 aromatic carbocycles. The van der Waals surface area contributed by atoms with Gasteiger partial charge in [0.2, 0.25) is 0 Å². The lowest BCUT2D eigenvalue weighted by molar-refractivity contribution is 0.402. The van der Waals surface area contributed by atoms with Crippen LogP contribution >= 0.6 is 15.9 Å². The predicted octanol–water partition coefficient (Wildman–Crippen LogP) is 4.22. The molecule has 1 aliphatic heterocycles. The van der Waals surface area contributed by atoms with Gasteiger partial charge in [-0.15, -0.1) is 0 Å². The fourth-order valence-electron chi connectivity index (χ4n) is 3.87. The molecule has 2 heterocycles. The summed E-state index contributed by atoms with van der Waals surface area (Å²) in [5.74, 6) is 2.03. The summed E-state index contributed by atoms with van der Waals surface area (Å²) in [6.07, 6.45) is 4.54. The van der Waals surface area contributed by atoms with E-state index in [2.05, 4.69) is 30.9 Å². The van der Waals surface area contributed by atoms with Crippen LogP contribution in [0.25, 0.3) is 10.9 Å². The highest BCUT2D eigenvalue weighted by Gasteiger charge is 2.19. The lowest BCUT2D eigenvalue weighted by atomic mass is 10.1. The second-order valence-corrected chi connectivity index (χ2v) is 8.28. The van der Waals surface area contributed by atoms with E-state index in [9.17, 15) is 4.79 Å². The number of rotatable bonds is 6. The van der Waals surface area contributed by atoms with Crippen LogP contribution in [0.15, 0.2) is 44.7 Å². The summed E-state index contributed by atoms with van der Waals surface area (Å²) < 4.78 is 13.4. The zero-order valence-corrected chi connectivity index (χ0v) is 19.5. The second kappa shape index (κ2) is 9.09. The molecule has 1 aliphatic rings. The molecule has 162 valence electrons. The standard InChI is InChI=1S/C23H25BrN4O3/c1-4-22-26-18-8-7-16(24)12-17(18)23(29)28(22)25-14-15-11-21(31-3)19(13-20(15)30-2)27-9-5-6-10-27/h7-8,11-14H,4-6,9-10H2,1-3H3. The molecule has 7 nitrogen and oxygen atoms in total. The van der Waals surface area contributed by atoms with Crippen molar-refractivity contribution >= 4 is 38.7 Å². The van der Waals surface area contributed by atoms with Crippen molar-refractivity contribution in [2.24, 2.45) is 5.10 Å². The van der Waals surface area contributed by atoms with Gasteiger partial charge in [-0.3, -0.25) is 4.79 Å². The van der Waals surface area contributed by atoms with Crippen molar-refractivity contribution in [2.75, 3.05) is 32.2 Å². The lowest BCUT2D eigenvalue weighted by Gasteiger charge is -2.22. The third-order valence-corrected chi connectivity index (χ3v) is 5.98. The van der Waals surface area contributed by atoms with Crippen molar-refractivity contribution in [3.8, 4) is 11.5 Å². The minimum atomic E-state index is -0.209. The SMILES string of the molecule is CCc1nc2ccc(Br)cc2c(=O)n1N=Cc1cc(OC)c(N2CCCC2)cc1OC. The molecule has 31 heavy (non-hydrogen) atoms. The first-order valence-electron chi connectivity index (χ1n) is 10.3. The van der Waals surface area contributed by atoms with Gasteiger partial charge in [-0.1, -0.05) is 22.9 Å². The van der Waals surface area contributed by atoms with Crippen LogP contribution in [0.3, 0.4) is 0 Å². The summed E-state index contributed by atoms with van der Waals surface area (Å²) in [5.41, 5.74) is 2.19. The Bertz CT molecular complexity index is 1200. The Morgan fingerprint density at radius 3 is 2.55 bits per heavy atom. The quantitative estimate of drug-likeness (QED) is 0.489. The maximum Gasteiger partial charge on any atom is 0.282 e. The Morgan fingerprint density at radius 1 is 1.13 bits per heavy atom. The Labute approximate surface area is 189 Å². The summed E-state index contributed by atoms with van der Waals surface area (Å²) in [6, 6.07) is 9.35. The molecule has 4 rings (SSSR count). The van der Waals surface area contributed by atoms with E-state index in [4.69, 9.17) is 9.47 Å². The highest BCUT2D eigenvalue weighted by molar-refractivity contribution is 9.10. The third kappa shape index (κ3) is 4.17. The van der Waals surface area contributed by atoms with Gasteiger partial charge in [0.1, 0.15) is 17.3 Å². The maximum atomic E-state index is 13.1. The molecule has 0 spiro atoms. The van der Waals surface area contributed by atoms with Crippen LogP contribution in [0.5, 0.6) is 11.5 Å². The molecule has 1 fully saturated rings. The zero-order chi connectivity index (χ0) is 22.0. The first kappa shape index (κ1) is 21.4. The highest BCUT2D eigenvalue weighted by Crippen LogP contribution is 2.36. The van der Waals surface area contributed by atoms with Gasteiger partial charge in [0, 0.05) is 35.6 Å².